The number of carbonyl (C=O) groups excluding carboxylic acids is 1. The second-order valence-electron chi connectivity index (χ2n) is 6.73. The number of pyridine rings is 1. The zero-order valence-corrected chi connectivity index (χ0v) is 17.9. The first-order valence-electron chi connectivity index (χ1n) is 9.25. The Balaban J connectivity index is 1.88. The molecule has 4 N–H and O–H groups in total. The molecule has 3 aromatic rings. The van der Waals surface area contributed by atoms with E-state index in [-0.39, 0.29) is 18.7 Å². The molecule has 2 aromatic heterocycles. The SMILES string of the molecule is CS(=O)(=O)NCCNc1cc(C(=O)Nc2cc(F)c(F)cc2C(=O)O)cnc1-n1ccnc1. The van der Waals surface area contributed by atoms with Crippen LogP contribution < -0.4 is 15.4 Å². The maximum atomic E-state index is 13.6. The van der Waals surface area contributed by atoms with Gasteiger partial charge in [0.25, 0.3) is 5.91 Å². The van der Waals surface area contributed by atoms with E-state index < -0.39 is 44.8 Å². The van der Waals surface area contributed by atoms with E-state index in [1.54, 1.807) is 10.8 Å². The van der Waals surface area contributed by atoms with Gasteiger partial charge in [-0.05, 0) is 12.1 Å². The number of sulfonamides is 1. The highest BCUT2D eigenvalue weighted by atomic mass is 32.2. The monoisotopic (exact) mass is 480 g/mol. The first-order valence-corrected chi connectivity index (χ1v) is 11.1. The van der Waals surface area contributed by atoms with Gasteiger partial charge in [-0.15, -0.1) is 0 Å². The van der Waals surface area contributed by atoms with Gasteiger partial charge in [0, 0.05) is 37.7 Å². The molecule has 0 spiro atoms. The van der Waals surface area contributed by atoms with Crippen molar-refractivity contribution in [1.29, 1.82) is 0 Å². The smallest absolute Gasteiger partial charge is 0.337 e. The number of hydrogen-bond donors (Lipinski definition) is 4. The molecule has 0 atom stereocenters. The van der Waals surface area contributed by atoms with Crippen molar-refractivity contribution in [3.8, 4) is 5.82 Å². The molecule has 2 heterocycles. The third-order valence-electron chi connectivity index (χ3n) is 4.22. The van der Waals surface area contributed by atoms with Crippen LogP contribution in [-0.4, -0.2) is 59.3 Å². The summed E-state index contributed by atoms with van der Waals surface area (Å²) >= 11 is 0. The second-order valence-corrected chi connectivity index (χ2v) is 8.56. The van der Waals surface area contributed by atoms with Crippen molar-refractivity contribution in [2.24, 2.45) is 0 Å². The molecule has 0 aliphatic heterocycles. The molecule has 0 saturated heterocycles. The molecule has 0 bridgehead atoms. The lowest BCUT2D eigenvalue weighted by Gasteiger charge is -2.14. The van der Waals surface area contributed by atoms with Gasteiger partial charge < -0.3 is 15.7 Å². The van der Waals surface area contributed by atoms with Crippen molar-refractivity contribution < 1.29 is 31.9 Å². The maximum absolute atomic E-state index is 13.6. The summed E-state index contributed by atoms with van der Waals surface area (Å²) in [6.45, 7) is 0.198. The van der Waals surface area contributed by atoms with Gasteiger partial charge in [0.1, 0.15) is 6.33 Å². The van der Waals surface area contributed by atoms with Crippen LogP contribution in [0.4, 0.5) is 20.2 Å². The molecular weight excluding hydrogens is 462 g/mol. The van der Waals surface area contributed by atoms with Gasteiger partial charge in [0.2, 0.25) is 10.0 Å². The topological polar surface area (TPSA) is 155 Å². The van der Waals surface area contributed by atoms with Crippen LogP contribution in [0.2, 0.25) is 0 Å². The molecule has 14 heteroatoms. The Morgan fingerprint density at radius 1 is 1.12 bits per heavy atom. The number of nitrogens with one attached hydrogen (secondary N) is 3. The minimum absolute atomic E-state index is 0.0292. The maximum Gasteiger partial charge on any atom is 0.337 e. The van der Waals surface area contributed by atoms with Crippen molar-refractivity contribution >= 4 is 33.3 Å². The predicted molar refractivity (Wildman–Crippen MR) is 114 cm³/mol. The first kappa shape index (κ1) is 23.7. The lowest BCUT2D eigenvalue weighted by molar-refractivity contribution is 0.0697. The van der Waals surface area contributed by atoms with E-state index in [4.69, 9.17) is 0 Å². The number of imidazole rings is 1. The van der Waals surface area contributed by atoms with Gasteiger partial charge in [0.05, 0.1) is 28.8 Å². The van der Waals surface area contributed by atoms with Crippen molar-refractivity contribution in [3.05, 3.63) is 65.9 Å². The Labute approximate surface area is 186 Å². The number of aromatic carboxylic acids is 1. The van der Waals surface area contributed by atoms with E-state index in [0.29, 0.717) is 23.6 Å². The van der Waals surface area contributed by atoms with Crippen molar-refractivity contribution in [2.45, 2.75) is 0 Å². The number of carboxylic acid groups (broad SMARTS) is 1. The number of nitrogens with zero attached hydrogens (tertiary/aromatic N) is 3. The van der Waals surface area contributed by atoms with Crippen LogP contribution in [0.15, 0.2) is 43.1 Å². The van der Waals surface area contributed by atoms with Crippen LogP contribution in [0, 0.1) is 11.6 Å². The third-order valence-corrected chi connectivity index (χ3v) is 4.95. The summed E-state index contributed by atoms with van der Waals surface area (Å²) in [5.74, 6) is -4.73. The van der Waals surface area contributed by atoms with E-state index in [9.17, 15) is 31.9 Å². The standard InChI is InChI=1S/C19H18F2N6O5S/c1-33(31,32)25-3-2-23-16-6-11(9-24-17(16)27-5-4-22-10-27)18(28)26-15-8-14(21)13(20)7-12(15)19(29)30/h4-10,23,25H,2-3H2,1H3,(H,26,28)(H,29,30). The van der Waals surface area contributed by atoms with Gasteiger partial charge in [-0.1, -0.05) is 0 Å². The number of aromatic nitrogens is 3. The molecule has 3 rings (SSSR count). The van der Waals surface area contributed by atoms with E-state index in [0.717, 1.165) is 6.26 Å². The largest absolute Gasteiger partial charge is 0.478 e. The quantitative estimate of drug-likeness (QED) is 0.336. The Bertz CT molecular complexity index is 1300. The van der Waals surface area contributed by atoms with Crippen LogP contribution >= 0.6 is 0 Å². The lowest BCUT2D eigenvalue weighted by Crippen LogP contribution is -2.28. The summed E-state index contributed by atoms with van der Waals surface area (Å²) in [4.78, 5) is 32.2. The zero-order chi connectivity index (χ0) is 24.2. The second kappa shape index (κ2) is 9.70. The average molecular weight is 480 g/mol. The Kier molecular flexibility index (Phi) is 6.98. The van der Waals surface area contributed by atoms with E-state index >= 15 is 0 Å². The van der Waals surface area contributed by atoms with Crippen molar-refractivity contribution in [2.75, 3.05) is 30.0 Å². The molecule has 11 nitrogen and oxygen atoms in total. The highest BCUT2D eigenvalue weighted by Gasteiger charge is 2.19. The van der Waals surface area contributed by atoms with Crippen LogP contribution in [0.5, 0.6) is 0 Å². The molecule has 0 unspecified atom stereocenters. The molecule has 33 heavy (non-hydrogen) atoms. The molecular formula is C19H18F2N6O5S. The number of halogens is 2. The molecule has 174 valence electrons. The molecule has 0 aliphatic carbocycles. The summed E-state index contributed by atoms with van der Waals surface area (Å²) in [5.41, 5.74) is -0.759. The predicted octanol–water partition coefficient (Wildman–Crippen LogP) is 1.46. The van der Waals surface area contributed by atoms with Crippen LogP contribution in [0.25, 0.3) is 5.82 Å². The van der Waals surface area contributed by atoms with Gasteiger partial charge in [0.15, 0.2) is 17.5 Å². The molecule has 1 aromatic carbocycles. The van der Waals surface area contributed by atoms with Crippen LogP contribution in [-0.2, 0) is 10.0 Å². The summed E-state index contributed by atoms with van der Waals surface area (Å²) in [6.07, 6.45) is 6.78. The number of anilines is 2. The van der Waals surface area contributed by atoms with Crippen molar-refractivity contribution in [1.82, 2.24) is 19.3 Å². The van der Waals surface area contributed by atoms with Crippen molar-refractivity contribution in [3.63, 3.8) is 0 Å². The van der Waals surface area contributed by atoms with Crippen LogP contribution in [0.3, 0.4) is 0 Å². The summed E-state index contributed by atoms with van der Waals surface area (Å²) in [6, 6.07) is 2.42. The normalized spacial score (nSPS) is 11.2. The fourth-order valence-electron chi connectivity index (χ4n) is 2.76. The number of carboxylic acids is 1. The van der Waals surface area contributed by atoms with Crippen LogP contribution in [0.1, 0.15) is 20.7 Å². The van der Waals surface area contributed by atoms with E-state index in [2.05, 4.69) is 25.3 Å². The number of carbonyl (C=O) groups is 2. The summed E-state index contributed by atoms with van der Waals surface area (Å²) in [5, 5.41) is 14.4. The minimum Gasteiger partial charge on any atom is -0.478 e. The fraction of sp³-hybridized carbons (Fsp3) is 0.158. The van der Waals surface area contributed by atoms with Gasteiger partial charge in [-0.3, -0.25) is 9.36 Å². The van der Waals surface area contributed by atoms with E-state index in [1.165, 1.54) is 24.8 Å². The highest BCUT2D eigenvalue weighted by Crippen LogP contribution is 2.23. The number of rotatable bonds is 9. The van der Waals surface area contributed by atoms with Gasteiger partial charge in [-0.2, -0.15) is 0 Å². The van der Waals surface area contributed by atoms with Gasteiger partial charge in [-0.25, -0.2) is 36.7 Å². The van der Waals surface area contributed by atoms with Gasteiger partial charge >= 0.3 is 5.97 Å². The molecule has 0 radical (unpaired) electrons. The summed E-state index contributed by atoms with van der Waals surface area (Å²) in [7, 11) is -3.40. The number of hydrogen-bond acceptors (Lipinski definition) is 7. The Morgan fingerprint density at radius 2 is 1.85 bits per heavy atom. The molecule has 0 saturated carbocycles. The summed E-state index contributed by atoms with van der Waals surface area (Å²) < 4.78 is 53.3. The molecule has 0 aliphatic rings. The number of amides is 1. The Hall–Kier alpha value is -3.91. The first-order chi connectivity index (χ1) is 15.5. The molecule has 1 amide bonds. The fourth-order valence-corrected chi connectivity index (χ4v) is 3.23. The minimum atomic E-state index is -3.40. The van der Waals surface area contributed by atoms with E-state index in [1.807, 2.05) is 0 Å². The highest BCUT2D eigenvalue weighted by molar-refractivity contribution is 7.88. The molecule has 0 fully saturated rings. The number of benzene rings is 1. The average Bonchev–Trinajstić information content (AvgIpc) is 3.27. The third kappa shape index (κ3) is 6.08. The Morgan fingerprint density at radius 3 is 2.48 bits per heavy atom. The lowest BCUT2D eigenvalue weighted by atomic mass is 10.1. The zero-order valence-electron chi connectivity index (χ0n) is 17.0.